The summed E-state index contributed by atoms with van der Waals surface area (Å²) in [5.74, 6) is 1.43. The lowest BCUT2D eigenvalue weighted by molar-refractivity contribution is -0.114. The minimum atomic E-state index is -0.113. The summed E-state index contributed by atoms with van der Waals surface area (Å²) in [5.41, 5.74) is 1.60. The van der Waals surface area contributed by atoms with E-state index in [1.165, 1.54) is 6.92 Å². The number of aromatic nitrogens is 1. The zero-order valence-corrected chi connectivity index (χ0v) is 12.4. The van der Waals surface area contributed by atoms with Crippen molar-refractivity contribution in [2.75, 3.05) is 10.6 Å². The Morgan fingerprint density at radius 3 is 2.29 bits per heavy atom. The maximum absolute atomic E-state index is 10.9. The number of benzene rings is 1. The fraction of sp³-hybridized carbons (Fsp3) is 0.250. The van der Waals surface area contributed by atoms with Crippen LogP contribution in [0.5, 0.6) is 5.75 Å². The molecule has 110 valence electrons. The Morgan fingerprint density at radius 1 is 1.10 bits per heavy atom. The van der Waals surface area contributed by atoms with Crippen molar-refractivity contribution in [3.05, 3.63) is 42.6 Å². The standard InChI is InChI=1S/C16H19N3O2/c1-11(2)21-15-7-4-13(5-8-15)19-16-9-6-14(10-17-16)18-12(3)20/h4-11H,1-3H3,(H,17,19)(H,18,20). The van der Waals surface area contributed by atoms with Crippen LogP contribution in [-0.4, -0.2) is 17.0 Å². The van der Waals surface area contributed by atoms with Crippen LogP contribution in [0.4, 0.5) is 17.2 Å². The molecule has 0 radical (unpaired) electrons. The van der Waals surface area contributed by atoms with E-state index in [1.54, 1.807) is 12.3 Å². The smallest absolute Gasteiger partial charge is 0.221 e. The second kappa shape index (κ2) is 6.74. The van der Waals surface area contributed by atoms with Crippen molar-refractivity contribution in [3.8, 4) is 5.75 Å². The molecule has 0 aliphatic rings. The van der Waals surface area contributed by atoms with Gasteiger partial charge in [-0.2, -0.15) is 0 Å². The largest absolute Gasteiger partial charge is 0.491 e. The second-order valence-electron chi connectivity index (χ2n) is 4.93. The molecular weight excluding hydrogens is 266 g/mol. The van der Waals surface area contributed by atoms with Crippen molar-refractivity contribution in [2.24, 2.45) is 0 Å². The number of carbonyl (C=O) groups is 1. The highest BCUT2D eigenvalue weighted by Gasteiger charge is 2.00. The summed E-state index contributed by atoms with van der Waals surface area (Å²) in [5, 5.41) is 5.86. The van der Waals surface area contributed by atoms with Crippen molar-refractivity contribution in [2.45, 2.75) is 26.9 Å². The molecule has 2 rings (SSSR count). The van der Waals surface area contributed by atoms with Gasteiger partial charge in [0.1, 0.15) is 11.6 Å². The lowest BCUT2D eigenvalue weighted by Crippen LogP contribution is -2.06. The molecule has 21 heavy (non-hydrogen) atoms. The molecule has 0 aliphatic heterocycles. The Bertz CT molecular complexity index is 592. The molecule has 5 heteroatoms. The van der Waals surface area contributed by atoms with Crippen LogP contribution >= 0.6 is 0 Å². The topological polar surface area (TPSA) is 63.2 Å². The quantitative estimate of drug-likeness (QED) is 0.881. The Morgan fingerprint density at radius 2 is 1.76 bits per heavy atom. The van der Waals surface area contributed by atoms with Gasteiger partial charge in [0.15, 0.2) is 0 Å². The van der Waals surface area contributed by atoms with Gasteiger partial charge < -0.3 is 15.4 Å². The number of carbonyl (C=O) groups excluding carboxylic acids is 1. The number of rotatable bonds is 5. The predicted octanol–water partition coefficient (Wildman–Crippen LogP) is 3.57. The van der Waals surface area contributed by atoms with Gasteiger partial charge in [-0.1, -0.05) is 0 Å². The van der Waals surface area contributed by atoms with Gasteiger partial charge in [0, 0.05) is 12.6 Å². The summed E-state index contributed by atoms with van der Waals surface area (Å²) in [6.07, 6.45) is 1.77. The van der Waals surface area contributed by atoms with E-state index in [0.717, 1.165) is 11.4 Å². The van der Waals surface area contributed by atoms with E-state index in [2.05, 4.69) is 15.6 Å². The monoisotopic (exact) mass is 285 g/mol. The number of hydrogen-bond donors (Lipinski definition) is 2. The van der Waals surface area contributed by atoms with E-state index in [1.807, 2.05) is 44.2 Å². The molecule has 0 unspecified atom stereocenters. The SMILES string of the molecule is CC(=O)Nc1ccc(Nc2ccc(OC(C)C)cc2)nc1. The Kier molecular flexibility index (Phi) is 4.77. The van der Waals surface area contributed by atoms with Crippen LogP contribution in [0.1, 0.15) is 20.8 Å². The molecule has 0 atom stereocenters. The van der Waals surface area contributed by atoms with Crippen LogP contribution in [0.25, 0.3) is 0 Å². The van der Waals surface area contributed by atoms with Gasteiger partial charge in [-0.15, -0.1) is 0 Å². The van der Waals surface area contributed by atoms with Gasteiger partial charge in [0.2, 0.25) is 5.91 Å². The molecule has 1 heterocycles. The zero-order chi connectivity index (χ0) is 15.2. The molecule has 0 fully saturated rings. The predicted molar refractivity (Wildman–Crippen MR) is 84.0 cm³/mol. The lowest BCUT2D eigenvalue weighted by atomic mass is 10.3. The fourth-order valence-electron chi connectivity index (χ4n) is 1.78. The van der Waals surface area contributed by atoms with E-state index in [-0.39, 0.29) is 12.0 Å². The molecule has 1 aromatic carbocycles. The van der Waals surface area contributed by atoms with E-state index in [0.29, 0.717) is 11.5 Å². The van der Waals surface area contributed by atoms with Gasteiger partial charge in [0.25, 0.3) is 0 Å². The summed E-state index contributed by atoms with van der Waals surface area (Å²) in [6.45, 7) is 5.45. The van der Waals surface area contributed by atoms with E-state index in [9.17, 15) is 4.79 Å². The van der Waals surface area contributed by atoms with E-state index in [4.69, 9.17) is 4.74 Å². The molecule has 0 spiro atoms. The van der Waals surface area contributed by atoms with Gasteiger partial charge in [-0.3, -0.25) is 4.79 Å². The van der Waals surface area contributed by atoms with Crippen molar-refractivity contribution >= 4 is 23.1 Å². The summed E-state index contributed by atoms with van der Waals surface area (Å²) < 4.78 is 5.59. The Hall–Kier alpha value is -2.56. The van der Waals surface area contributed by atoms with Crippen LogP contribution in [0.15, 0.2) is 42.6 Å². The molecule has 0 bridgehead atoms. The van der Waals surface area contributed by atoms with E-state index >= 15 is 0 Å². The molecule has 0 aliphatic carbocycles. The minimum Gasteiger partial charge on any atom is -0.491 e. The molecule has 1 aromatic heterocycles. The normalized spacial score (nSPS) is 10.3. The van der Waals surface area contributed by atoms with Gasteiger partial charge >= 0.3 is 0 Å². The molecule has 0 saturated carbocycles. The number of pyridine rings is 1. The maximum atomic E-state index is 10.9. The number of nitrogens with zero attached hydrogens (tertiary/aromatic N) is 1. The summed E-state index contributed by atoms with van der Waals surface area (Å²) in [4.78, 5) is 15.2. The first-order chi connectivity index (χ1) is 10.0. The van der Waals surface area contributed by atoms with Gasteiger partial charge in [-0.25, -0.2) is 4.98 Å². The maximum Gasteiger partial charge on any atom is 0.221 e. The number of ether oxygens (including phenoxy) is 1. The van der Waals surface area contributed by atoms with Crippen LogP contribution in [0.2, 0.25) is 0 Å². The number of amides is 1. The number of hydrogen-bond acceptors (Lipinski definition) is 4. The number of nitrogens with one attached hydrogen (secondary N) is 2. The Labute approximate surface area is 124 Å². The molecular formula is C16H19N3O2. The van der Waals surface area contributed by atoms with Crippen molar-refractivity contribution in [1.82, 2.24) is 4.98 Å². The molecule has 2 N–H and O–H groups in total. The first-order valence-electron chi connectivity index (χ1n) is 6.80. The summed E-state index contributed by atoms with van der Waals surface area (Å²) in [7, 11) is 0. The Balaban J connectivity index is 1.99. The third kappa shape index (κ3) is 4.80. The lowest BCUT2D eigenvalue weighted by Gasteiger charge is -2.11. The minimum absolute atomic E-state index is 0.113. The highest BCUT2D eigenvalue weighted by atomic mass is 16.5. The molecule has 2 aromatic rings. The highest BCUT2D eigenvalue weighted by Crippen LogP contribution is 2.20. The first-order valence-corrected chi connectivity index (χ1v) is 6.80. The van der Waals surface area contributed by atoms with Crippen LogP contribution in [0, 0.1) is 0 Å². The molecule has 5 nitrogen and oxygen atoms in total. The van der Waals surface area contributed by atoms with E-state index < -0.39 is 0 Å². The molecule has 0 saturated heterocycles. The van der Waals surface area contributed by atoms with Crippen molar-refractivity contribution < 1.29 is 9.53 Å². The third-order valence-electron chi connectivity index (χ3n) is 2.58. The summed E-state index contributed by atoms with van der Waals surface area (Å²) >= 11 is 0. The fourth-order valence-corrected chi connectivity index (χ4v) is 1.78. The first kappa shape index (κ1) is 14.8. The third-order valence-corrected chi connectivity index (χ3v) is 2.58. The average Bonchev–Trinajstić information content (AvgIpc) is 2.42. The molecule has 1 amide bonds. The zero-order valence-electron chi connectivity index (χ0n) is 12.4. The van der Waals surface area contributed by atoms with Crippen LogP contribution < -0.4 is 15.4 Å². The second-order valence-corrected chi connectivity index (χ2v) is 4.93. The van der Waals surface area contributed by atoms with Crippen LogP contribution in [-0.2, 0) is 4.79 Å². The highest BCUT2D eigenvalue weighted by molar-refractivity contribution is 5.88. The number of anilines is 3. The van der Waals surface area contributed by atoms with Crippen molar-refractivity contribution in [3.63, 3.8) is 0 Å². The van der Waals surface area contributed by atoms with Gasteiger partial charge in [0.05, 0.1) is 18.0 Å². The summed E-state index contributed by atoms with van der Waals surface area (Å²) in [6, 6.07) is 11.3. The van der Waals surface area contributed by atoms with Gasteiger partial charge in [-0.05, 0) is 50.2 Å². The van der Waals surface area contributed by atoms with Crippen LogP contribution in [0.3, 0.4) is 0 Å². The average molecular weight is 285 g/mol. The van der Waals surface area contributed by atoms with Crippen molar-refractivity contribution in [1.29, 1.82) is 0 Å².